The molecule has 1 aromatic carbocycles. The second kappa shape index (κ2) is 6.61. The van der Waals surface area contributed by atoms with Crippen LogP contribution in [0.2, 0.25) is 0 Å². The van der Waals surface area contributed by atoms with Crippen LogP contribution in [-0.2, 0) is 16.1 Å². The Morgan fingerprint density at radius 2 is 2.00 bits per heavy atom. The molecule has 0 aromatic heterocycles. The Balaban J connectivity index is 2.44. The minimum atomic E-state index is -1.16. The van der Waals surface area contributed by atoms with Gasteiger partial charge in [0.1, 0.15) is 12.6 Å². The van der Waals surface area contributed by atoms with E-state index in [9.17, 15) is 14.7 Å². The molecule has 1 aromatic rings. The third-order valence-electron chi connectivity index (χ3n) is 2.28. The van der Waals surface area contributed by atoms with Crippen molar-refractivity contribution in [3.05, 3.63) is 35.9 Å². The Morgan fingerprint density at radius 3 is 2.50 bits per heavy atom. The lowest BCUT2D eigenvalue weighted by Gasteiger charge is -2.17. The van der Waals surface area contributed by atoms with Crippen molar-refractivity contribution in [3.8, 4) is 0 Å². The predicted molar refractivity (Wildman–Crippen MR) is 64.4 cm³/mol. The van der Waals surface area contributed by atoms with Gasteiger partial charge in [0, 0.05) is 0 Å². The van der Waals surface area contributed by atoms with Gasteiger partial charge in [0.05, 0.1) is 6.10 Å². The Morgan fingerprint density at radius 1 is 1.39 bits per heavy atom. The van der Waals surface area contributed by atoms with E-state index >= 15 is 0 Å². The zero-order chi connectivity index (χ0) is 13.5. The first-order valence-electron chi connectivity index (χ1n) is 5.45. The first-order valence-corrected chi connectivity index (χ1v) is 5.45. The molecule has 0 aliphatic heterocycles. The summed E-state index contributed by atoms with van der Waals surface area (Å²) in [6, 6.07) is 7.92. The fourth-order valence-electron chi connectivity index (χ4n) is 1.32. The van der Waals surface area contributed by atoms with E-state index in [0.29, 0.717) is 0 Å². The van der Waals surface area contributed by atoms with Crippen LogP contribution in [0, 0.1) is 0 Å². The number of aliphatic hydroxyl groups is 1. The van der Waals surface area contributed by atoms with Crippen LogP contribution in [0.25, 0.3) is 0 Å². The summed E-state index contributed by atoms with van der Waals surface area (Å²) in [5, 5.41) is 11.4. The number of carbonyl (C=O) groups is 2. The Labute approximate surface area is 105 Å². The molecule has 0 aliphatic carbocycles. The van der Waals surface area contributed by atoms with Gasteiger partial charge < -0.3 is 20.9 Å². The number of nitrogens with one attached hydrogen (secondary N) is 1. The minimum absolute atomic E-state index is 0.0813. The number of benzene rings is 1. The van der Waals surface area contributed by atoms with E-state index in [1.54, 1.807) is 12.1 Å². The van der Waals surface area contributed by atoms with Crippen molar-refractivity contribution in [2.75, 3.05) is 0 Å². The van der Waals surface area contributed by atoms with Crippen molar-refractivity contribution >= 4 is 12.0 Å². The molecule has 98 valence electrons. The quantitative estimate of drug-likeness (QED) is 0.694. The van der Waals surface area contributed by atoms with E-state index in [-0.39, 0.29) is 6.61 Å². The number of rotatable bonds is 5. The molecule has 0 saturated carbocycles. The Hall–Kier alpha value is -2.08. The van der Waals surface area contributed by atoms with E-state index in [2.05, 4.69) is 5.32 Å². The maximum Gasteiger partial charge on any atom is 0.408 e. The normalized spacial score (nSPS) is 13.4. The first-order chi connectivity index (χ1) is 8.50. The minimum Gasteiger partial charge on any atom is -0.445 e. The molecule has 0 radical (unpaired) electrons. The number of hydrogen-bond donors (Lipinski definition) is 3. The van der Waals surface area contributed by atoms with Gasteiger partial charge >= 0.3 is 6.09 Å². The summed E-state index contributed by atoms with van der Waals surface area (Å²) in [6.07, 6.45) is -1.88. The van der Waals surface area contributed by atoms with Gasteiger partial charge in [-0.25, -0.2) is 4.79 Å². The monoisotopic (exact) mass is 252 g/mol. The van der Waals surface area contributed by atoms with Crippen LogP contribution in [0.1, 0.15) is 12.5 Å². The third kappa shape index (κ3) is 4.42. The predicted octanol–water partition coefficient (Wildman–Crippen LogP) is 0.148. The number of alkyl carbamates (subject to hydrolysis) is 1. The summed E-state index contributed by atoms with van der Waals surface area (Å²) in [5.41, 5.74) is 5.84. The van der Waals surface area contributed by atoms with Crippen LogP contribution in [0.15, 0.2) is 30.3 Å². The first kappa shape index (κ1) is 14.0. The zero-order valence-electron chi connectivity index (χ0n) is 10.00. The van der Waals surface area contributed by atoms with E-state index < -0.39 is 24.1 Å². The molecule has 2 atom stereocenters. The zero-order valence-corrected chi connectivity index (χ0v) is 10.00. The molecular formula is C12H16N2O4. The van der Waals surface area contributed by atoms with Crippen molar-refractivity contribution in [1.82, 2.24) is 5.32 Å². The van der Waals surface area contributed by atoms with Crippen molar-refractivity contribution in [3.63, 3.8) is 0 Å². The summed E-state index contributed by atoms with van der Waals surface area (Å²) in [4.78, 5) is 22.3. The van der Waals surface area contributed by atoms with Gasteiger partial charge in [-0.3, -0.25) is 4.79 Å². The number of nitrogens with two attached hydrogens (primary N) is 1. The number of aliphatic hydroxyl groups excluding tert-OH is 1. The van der Waals surface area contributed by atoms with E-state index in [0.717, 1.165) is 5.56 Å². The maximum atomic E-state index is 11.4. The highest BCUT2D eigenvalue weighted by Crippen LogP contribution is 2.01. The van der Waals surface area contributed by atoms with Crippen LogP contribution in [0.3, 0.4) is 0 Å². The van der Waals surface area contributed by atoms with Crippen molar-refractivity contribution in [2.24, 2.45) is 5.73 Å². The highest BCUT2D eigenvalue weighted by atomic mass is 16.5. The number of amides is 2. The average Bonchev–Trinajstić information content (AvgIpc) is 2.34. The van der Waals surface area contributed by atoms with Crippen LogP contribution < -0.4 is 11.1 Å². The fraction of sp³-hybridized carbons (Fsp3) is 0.333. The molecule has 6 nitrogen and oxygen atoms in total. The van der Waals surface area contributed by atoms with Gasteiger partial charge in [0.15, 0.2) is 0 Å². The van der Waals surface area contributed by atoms with Crippen LogP contribution in [0.4, 0.5) is 4.79 Å². The molecule has 6 heteroatoms. The second-order valence-electron chi connectivity index (χ2n) is 3.83. The van der Waals surface area contributed by atoms with Gasteiger partial charge in [-0.1, -0.05) is 30.3 Å². The van der Waals surface area contributed by atoms with E-state index in [4.69, 9.17) is 10.5 Å². The molecule has 2 amide bonds. The molecule has 0 heterocycles. The molecule has 0 bridgehead atoms. The van der Waals surface area contributed by atoms with Crippen LogP contribution >= 0.6 is 0 Å². The molecule has 0 aliphatic rings. The lowest BCUT2D eigenvalue weighted by Crippen LogP contribution is -2.50. The standard InChI is InChI=1S/C12H16N2O4/c1-8(15)10(11(13)16)14-12(17)18-7-9-5-3-2-4-6-9/h2-6,8,10,15H,7H2,1H3,(H2,13,16)(H,14,17)/t8-,10+/m0/s1. The summed E-state index contributed by atoms with van der Waals surface area (Å²) >= 11 is 0. The number of primary amides is 1. The Bertz CT molecular complexity index is 406. The van der Waals surface area contributed by atoms with Crippen molar-refractivity contribution in [1.29, 1.82) is 0 Å². The van der Waals surface area contributed by atoms with E-state index in [1.165, 1.54) is 6.92 Å². The smallest absolute Gasteiger partial charge is 0.408 e. The summed E-state index contributed by atoms with van der Waals surface area (Å²) in [6.45, 7) is 1.44. The molecular weight excluding hydrogens is 236 g/mol. The number of carbonyl (C=O) groups excluding carboxylic acids is 2. The highest BCUT2D eigenvalue weighted by molar-refractivity contribution is 5.84. The lowest BCUT2D eigenvalue weighted by molar-refractivity contribution is -0.122. The van der Waals surface area contributed by atoms with Gasteiger partial charge in [-0.2, -0.15) is 0 Å². The van der Waals surface area contributed by atoms with Gasteiger partial charge in [-0.05, 0) is 12.5 Å². The largest absolute Gasteiger partial charge is 0.445 e. The molecule has 1 rings (SSSR count). The molecule has 4 N–H and O–H groups in total. The lowest BCUT2D eigenvalue weighted by atomic mass is 10.2. The fourth-order valence-corrected chi connectivity index (χ4v) is 1.32. The molecule has 0 fully saturated rings. The summed E-state index contributed by atoms with van der Waals surface area (Å²) < 4.78 is 4.89. The summed E-state index contributed by atoms with van der Waals surface area (Å²) in [7, 11) is 0. The van der Waals surface area contributed by atoms with Crippen LogP contribution in [-0.4, -0.2) is 29.3 Å². The highest BCUT2D eigenvalue weighted by Gasteiger charge is 2.23. The number of ether oxygens (including phenoxy) is 1. The van der Waals surface area contributed by atoms with Gasteiger partial charge in [0.2, 0.25) is 5.91 Å². The van der Waals surface area contributed by atoms with Gasteiger partial charge in [0.25, 0.3) is 0 Å². The van der Waals surface area contributed by atoms with E-state index in [1.807, 2.05) is 18.2 Å². The molecule has 0 saturated heterocycles. The summed E-state index contributed by atoms with van der Waals surface area (Å²) in [5.74, 6) is -0.818. The number of hydrogen-bond acceptors (Lipinski definition) is 4. The maximum absolute atomic E-state index is 11.4. The third-order valence-corrected chi connectivity index (χ3v) is 2.28. The van der Waals surface area contributed by atoms with Crippen molar-refractivity contribution < 1.29 is 19.4 Å². The van der Waals surface area contributed by atoms with Crippen LogP contribution in [0.5, 0.6) is 0 Å². The molecule has 18 heavy (non-hydrogen) atoms. The Kier molecular flexibility index (Phi) is 5.13. The SMILES string of the molecule is C[C@H](O)[C@@H](NC(=O)OCc1ccccc1)C(N)=O. The van der Waals surface area contributed by atoms with Crippen molar-refractivity contribution in [2.45, 2.75) is 25.7 Å². The topological polar surface area (TPSA) is 102 Å². The van der Waals surface area contributed by atoms with Gasteiger partial charge in [-0.15, -0.1) is 0 Å². The molecule has 0 unspecified atom stereocenters. The molecule has 0 spiro atoms. The average molecular weight is 252 g/mol. The second-order valence-corrected chi connectivity index (χ2v) is 3.83.